The summed E-state index contributed by atoms with van der Waals surface area (Å²) < 4.78 is 0. The Morgan fingerprint density at radius 3 is 2.67 bits per heavy atom. The first-order chi connectivity index (χ1) is 8.70. The van der Waals surface area contributed by atoms with Crippen LogP contribution in [-0.2, 0) is 0 Å². The number of nitriles is 1. The molecule has 88 valence electrons. The van der Waals surface area contributed by atoms with Crippen molar-refractivity contribution in [2.45, 2.75) is 0 Å². The molecule has 4 heteroatoms. The first-order valence-electron chi connectivity index (χ1n) is 5.37. The molecule has 0 unspecified atom stereocenters. The van der Waals surface area contributed by atoms with E-state index in [1.807, 2.05) is 6.07 Å². The molecule has 0 spiro atoms. The maximum atomic E-state index is 12.0. The molecule has 2 aromatic carbocycles. The van der Waals surface area contributed by atoms with Gasteiger partial charge in [0.25, 0.3) is 5.91 Å². The number of hydrogen-bond donors (Lipinski definition) is 2. The van der Waals surface area contributed by atoms with Gasteiger partial charge in [0.15, 0.2) is 0 Å². The summed E-state index contributed by atoms with van der Waals surface area (Å²) in [5.74, 6) is -0.287. The third-order valence-corrected chi connectivity index (χ3v) is 2.46. The van der Waals surface area contributed by atoms with Gasteiger partial charge in [-0.3, -0.25) is 4.79 Å². The van der Waals surface area contributed by atoms with Gasteiger partial charge in [0, 0.05) is 5.56 Å². The molecular weight excluding hydrogens is 226 g/mol. The third kappa shape index (κ3) is 2.47. The topological polar surface area (TPSA) is 78.9 Å². The van der Waals surface area contributed by atoms with Gasteiger partial charge >= 0.3 is 0 Å². The summed E-state index contributed by atoms with van der Waals surface area (Å²) in [4.78, 5) is 12.0. The van der Waals surface area contributed by atoms with Crippen LogP contribution in [0.25, 0.3) is 0 Å². The molecule has 1 amide bonds. The number of amides is 1. The van der Waals surface area contributed by atoms with Crippen LogP contribution in [0.3, 0.4) is 0 Å². The number of benzene rings is 2. The molecule has 0 bridgehead atoms. The molecule has 0 aliphatic heterocycles. The maximum absolute atomic E-state index is 12.0. The van der Waals surface area contributed by atoms with E-state index >= 15 is 0 Å². The number of carbonyl (C=O) groups excluding carboxylic acids is 1. The van der Waals surface area contributed by atoms with Gasteiger partial charge in [-0.05, 0) is 30.3 Å². The minimum Gasteiger partial charge on any atom is -0.397 e. The number of nitrogens with one attached hydrogen (secondary N) is 1. The molecule has 0 saturated heterocycles. The van der Waals surface area contributed by atoms with Crippen LogP contribution in [0.5, 0.6) is 0 Å². The minimum atomic E-state index is -0.287. The quantitative estimate of drug-likeness (QED) is 0.787. The minimum absolute atomic E-state index is 0.287. The zero-order valence-electron chi connectivity index (χ0n) is 9.55. The summed E-state index contributed by atoms with van der Waals surface area (Å²) in [6.45, 7) is 0. The summed E-state index contributed by atoms with van der Waals surface area (Å²) in [5.41, 5.74) is 7.67. The Kier molecular flexibility index (Phi) is 3.26. The summed E-state index contributed by atoms with van der Waals surface area (Å²) in [6.07, 6.45) is 0. The van der Waals surface area contributed by atoms with Gasteiger partial charge in [0.05, 0.1) is 23.0 Å². The first kappa shape index (κ1) is 11.7. The van der Waals surface area contributed by atoms with Crippen LogP contribution in [0.1, 0.15) is 15.9 Å². The van der Waals surface area contributed by atoms with Gasteiger partial charge < -0.3 is 11.1 Å². The maximum Gasteiger partial charge on any atom is 0.255 e. The zero-order chi connectivity index (χ0) is 13.0. The molecule has 0 aliphatic rings. The fourth-order valence-corrected chi connectivity index (χ4v) is 1.54. The van der Waals surface area contributed by atoms with Crippen molar-refractivity contribution in [1.29, 1.82) is 5.26 Å². The van der Waals surface area contributed by atoms with Crippen molar-refractivity contribution in [2.75, 3.05) is 11.1 Å². The average molecular weight is 237 g/mol. The molecule has 18 heavy (non-hydrogen) atoms. The Hall–Kier alpha value is -2.80. The van der Waals surface area contributed by atoms with E-state index in [0.29, 0.717) is 22.5 Å². The molecule has 2 rings (SSSR count). The largest absolute Gasteiger partial charge is 0.397 e. The van der Waals surface area contributed by atoms with E-state index in [1.54, 1.807) is 42.5 Å². The molecule has 0 heterocycles. The van der Waals surface area contributed by atoms with Crippen molar-refractivity contribution in [1.82, 2.24) is 0 Å². The highest BCUT2D eigenvalue weighted by molar-refractivity contribution is 6.05. The number of nitrogens with zero attached hydrogens (tertiary/aromatic N) is 1. The number of para-hydroxylation sites is 2. The van der Waals surface area contributed by atoms with Crippen molar-refractivity contribution in [2.24, 2.45) is 0 Å². The van der Waals surface area contributed by atoms with Crippen LogP contribution < -0.4 is 11.1 Å². The highest BCUT2D eigenvalue weighted by Gasteiger charge is 2.08. The number of hydrogen-bond acceptors (Lipinski definition) is 3. The number of nitrogen functional groups attached to an aromatic ring is 1. The molecule has 2 aromatic rings. The summed E-state index contributed by atoms with van der Waals surface area (Å²) in [7, 11) is 0. The predicted octanol–water partition coefficient (Wildman–Crippen LogP) is 2.39. The van der Waals surface area contributed by atoms with E-state index in [9.17, 15) is 4.79 Å². The Labute approximate surface area is 105 Å². The van der Waals surface area contributed by atoms with E-state index in [4.69, 9.17) is 11.0 Å². The second kappa shape index (κ2) is 5.02. The molecular formula is C14H11N3O. The van der Waals surface area contributed by atoms with Crippen molar-refractivity contribution in [3.8, 4) is 6.07 Å². The predicted molar refractivity (Wildman–Crippen MR) is 70.0 cm³/mol. The van der Waals surface area contributed by atoms with Gasteiger partial charge in [-0.15, -0.1) is 0 Å². The lowest BCUT2D eigenvalue weighted by Crippen LogP contribution is -2.13. The highest BCUT2D eigenvalue weighted by atomic mass is 16.1. The zero-order valence-corrected chi connectivity index (χ0v) is 9.55. The van der Waals surface area contributed by atoms with Crippen LogP contribution >= 0.6 is 0 Å². The fraction of sp³-hybridized carbons (Fsp3) is 0. The fourth-order valence-electron chi connectivity index (χ4n) is 1.54. The molecule has 0 saturated carbocycles. The molecule has 3 N–H and O–H groups in total. The Morgan fingerprint density at radius 1 is 1.17 bits per heavy atom. The lowest BCUT2D eigenvalue weighted by molar-refractivity contribution is 0.102. The van der Waals surface area contributed by atoms with Crippen molar-refractivity contribution >= 4 is 17.3 Å². The van der Waals surface area contributed by atoms with Crippen LogP contribution in [0.4, 0.5) is 11.4 Å². The Bertz CT molecular complexity index is 629. The summed E-state index contributed by atoms with van der Waals surface area (Å²) >= 11 is 0. The van der Waals surface area contributed by atoms with Crippen molar-refractivity contribution in [3.63, 3.8) is 0 Å². The molecule has 4 nitrogen and oxygen atoms in total. The molecule has 0 aliphatic carbocycles. The molecule has 0 atom stereocenters. The van der Waals surface area contributed by atoms with Crippen molar-refractivity contribution in [3.05, 3.63) is 59.7 Å². The third-order valence-electron chi connectivity index (χ3n) is 2.46. The highest BCUT2D eigenvalue weighted by Crippen LogP contribution is 2.18. The second-order valence-corrected chi connectivity index (χ2v) is 3.73. The van der Waals surface area contributed by atoms with Gasteiger partial charge in [0.2, 0.25) is 0 Å². The second-order valence-electron chi connectivity index (χ2n) is 3.73. The summed E-state index contributed by atoms with van der Waals surface area (Å²) in [6, 6.07) is 15.5. The monoisotopic (exact) mass is 237 g/mol. The van der Waals surface area contributed by atoms with E-state index < -0.39 is 0 Å². The normalized spacial score (nSPS) is 9.50. The average Bonchev–Trinajstić information content (AvgIpc) is 2.41. The Morgan fingerprint density at radius 2 is 1.94 bits per heavy atom. The number of anilines is 2. The van der Waals surface area contributed by atoms with E-state index in [0.717, 1.165) is 0 Å². The van der Waals surface area contributed by atoms with Crippen LogP contribution in [0.15, 0.2) is 48.5 Å². The van der Waals surface area contributed by atoms with Crippen molar-refractivity contribution < 1.29 is 4.79 Å². The van der Waals surface area contributed by atoms with Crippen LogP contribution in [0.2, 0.25) is 0 Å². The van der Waals surface area contributed by atoms with Gasteiger partial charge in [0.1, 0.15) is 0 Å². The summed E-state index contributed by atoms with van der Waals surface area (Å²) in [5, 5.41) is 11.5. The smallest absolute Gasteiger partial charge is 0.255 e. The molecule has 0 radical (unpaired) electrons. The number of nitrogens with two attached hydrogens (primary N) is 1. The number of rotatable bonds is 2. The van der Waals surface area contributed by atoms with Crippen LogP contribution in [-0.4, -0.2) is 5.91 Å². The van der Waals surface area contributed by atoms with E-state index in [-0.39, 0.29) is 5.91 Å². The Balaban J connectivity index is 2.23. The van der Waals surface area contributed by atoms with Gasteiger partial charge in [-0.1, -0.05) is 18.2 Å². The standard InChI is InChI=1S/C14H11N3O/c15-9-10-4-3-5-11(8-10)14(18)17-13-7-2-1-6-12(13)16/h1-8H,16H2,(H,17,18). The van der Waals surface area contributed by atoms with Crippen LogP contribution in [0, 0.1) is 11.3 Å². The number of carbonyl (C=O) groups is 1. The SMILES string of the molecule is N#Cc1cccc(C(=O)Nc2ccccc2N)c1. The first-order valence-corrected chi connectivity index (χ1v) is 5.37. The molecule has 0 fully saturated rings. The van der Waals surface area contributed by atoms with E-state index in [1.165, 1.54) is 6.07 Å². The van der Waals surface area contributed by atoms with Gasteiger partial charge in [-0.25, -0.2) is 0 Å². The molecule has 0 aromatic heterocycles. The van der Waals surface area contributed by atoms with E-state index in [2.05, 4.69) is 5.32 Å². The lowest BCUT2D eigenvalue weighted by atomic mass is 10.1. The van der Waals surface area contributed by atoms with Gasteiger partial charge in [-0.2, -0.15) is 5.26 Å². The lowest BCUT2D eigenvalue weighted by Gasteiger charge is -2.07.